The van der Waals surface area contributed by atoms with Crippen LogP contribution >= 0.6 is 0 Å². The lowest BCUT2D eigenvalue weighted by Crippen LogP contribution is -1.89. The molecule has 0 radical (unpaired) electrons. The molecule has 23 heavy (non-hydrogen) atoms. The minimum atomic E-state index is 0.948. The van der Waals surface area contributed by atoms with E-state index in [0.717, 1.165) is 16.6 Å². The van der Waals surface area contributed by atoms with Crippen molar-refractivity contribution in [2.45, 2.75) is 0 Å². The predicted molar refractivity (Wildman–Crippen MR) is 94.6 cm³/mol. The Labute approximate surface area is 134 Å². The van der Waals surface area contributed by atoms with Crippen LogP contribution in [-0.4, -0.2) is 15.9 Å². The molecule has 4 aromatic rings. The van der Waals surface area contributed by atoms with Gasteiger partial charge in [-0.3, -0.25) is 0 Å². The Kier molecular flexibility index (Phi) is 3.45. The summed E-state index contributed by atoms with van der Waals surface area (Å²) in [4.78, 5) is 4.33. The van der Waals surface area contributed by atoms with Crippen LogP contribution in [0, 0.1) is 0 Å². The van der Waals surface area contributed by atoms with Crippen LogP contribution in [0.5, 0.6) is 0 Å². The molecule has 1 heterocycles. The summed E-state index contributed by atoms with van der Waals surface area (Å²) in [5.41, 5.74) is 5.43. The molecule has 3 heteroatoms. The van der Waals surface area contributed by atoms with Crippen molar-refractivity contribution >= 4 is 17.2 Å². The summed E-state index contributed by atoms with van der Waals surface area (Å²) in [5, 5.41) is 4.50. The van der Waals surface area contributed by atoms with Gasteiger partial charge in [-0.25, -0.2) is 9.66 Å². The van der Waals surface area contributed by atoms with Crippen molar-refractivity contribution in [2.24, 2.45) is 5.10 Å². The highest BCUT2D eigenvalue weighted by atomic mass is 15.4. The molecule has 0 amide bonds. The van der Waals surface area contributed by atoms with Gasteiger partial charge in [-0.1, -0.05) is 66.7 Å². The first-order chi connectivity index (χ1) is 11.4. The summed E-state index contributed by atoms with van der Waals surface area (Å²) in [7, 11) is 0. The summed E-state index contributed by atoms with van der Waals surface area (Å²) in [6.45, 7) is 0. The molecule has 0 aliphatic heterocycles. The molecule has 3 aromatic carbocycles. The van der Waals surface area contributed by atoms with Crippen molar-refractivity contribution in [2.75, 3.05) is 0 Å². The van der Waals surface area contributed by atoms with E-state index in [1.807, 2.05) is 36.5 Å². The SMILES string of the molecule is C(=N\n1cnc2ccccc21)/c1ccc(-c2ccccc2)cc1. The molecular formula is C20H15N3. The van der Waals surface area contributed by atoms with Crippen LogP contribution in [0.15, 0.2) is 90.3 Å². The Morgan fingerprint density at radius 2 is 1.43 bits per heavy atom. The normalized spacial score (nSPS) is 11.3. The lowest BCUT2D eigenvalue weighted by molar-refractivity contribution is 0.914. The third-order valence-corrected chi connectivity index (χ3v) is 3.78. The van der Waals surface area contributed by atoms with Crippen LogP contribution in [0.2, 0.25) is 0 Å². The number of fused-ring (bicyclic) bond motifs is 1. The molecule has 0 N–H and O–H groups in total. The third-order valence-electron chi connectivity index (χ3n) is 3.78. The Bertz CT molecular complexity index is 951. The number of hydrogen-bond donors (Lipinski definition) is 0. The molecule has 0 aliphatic carbocycles. The van der Waals surface area contributed by atoms with Gasteiger partial charge in [0.05, 0.1) is 17.2 Å². The number of nitrogens with zero attached hydrogens (tertiary/aromatic N) is 3. The highest BCUT2D eigenvalue weighted by molar-refractivity contribution is 5.82. The van der Waals surface area contributed by atoms with Gasteiger partial charge in [-0.15, -0.1) is 0 Å². The zero-order valence-corrected chi connectivity index (χ0v) is 12.5. The Balaban J connectivity index is 1.59. The number of benzene rings is 3. The second kappa shape index (κ2) is 5.89. The summed E-state index contributed by atoms with van der Waals surface area (Å²) in [6.07, 6.45) is 3.59. The zero-order valence-electron chi connectivity index (χ0n) is 12.5. The Morgan fingerprint density at radius 3 is 2.26 bits per heavy atom. The van der Waals surface area contributed by atoms with Gasteiger partial charge in [0.2, 0.25) is 0 Å². The van der Waals surface area contributed by atoms with Crippen LogP contribution in [-0.2, 0) is 0 Å². The quantitative estimate of drug-likeness (QED) is 0.509. The smallest absolute Gasteiger partial charge is 0.118 e. The van der Waals surface area contributed by atoms with Crippen LogP contribution in [0.3, 0.4) is 0 Å². The molecular weight excluding hydrogens is 282 g/mol. The molecule has 0 spiro atoms. The van der Waals surface area contributed by atoms with Crippen LogP contribution < -0.4 is 0 Å². The van der Waals surface area contributed by atoms with Gasteiger partial charge in [0.15, 0.2) is 0 Å². The second-order valence-electron chi connectivity index (χ2n) is 5.31. The van der Waals surface area contributed by atoms with Gasteiger partial charge in [0.25, 0.3) is 0 Å². The van der Waals surface area contributed by atoms with Gasteiger partial charge in [0, 0.05) is 0 Å². The first kappa shape index (κ1) is 13.5. The van der Waals surface area contributed by atoms with Crippen molar-refractivity contribution in [1.82, 2.24) is 9.66 Å². The fourth-order valence-electron chi connectivity index (χ4n) is 2.56. The van der Waals surface area contributed by atoms with Crippen molar-refractivity contribution in [3.05, 3.63) is 90.8 Å². The summed E-state index contributed by atoms with van der Waals surface area (Å²) in [5.74, 6) is 0. The van der Waals surface area contributed by atoms with Crippen LogP contribution in [0.25, 0.3) is 22.2 Å². The van der Waals surface area contributed by atoms with Crippen molar-refractivity contribution in [3.8, 4) is 11.1 Å². The van der Waals surface area contributed by atoms with E-state index in [0.29, 0.717) is 0 Å². The molecule has 0 saturated carbocycles. The molecule has 0 saturated heterocycles. The van der Waals surface area contributed by atoms with Crippen LogP contribution in [0.4, 0.5) is 0 Å². The maximum atomic E-state index is 4.50. The first-order valence-electron chi connectivity index (χ1n) is 7.52. The molecule has 0 atom stereocenters. The van der Waals surface area contributed by atoms with Gasteiger partial charge in [-0.05, 0) is 28.8 Å². The van der Waals surface area contributed by atoms with E-state index in [-0.39, 0.29) is 0 Å². The average molecular weight is 297 g/mol. The first-order valence-corrected chi connectivity index (χ1v) is 7.52. The van der Waals surface area contributed by atoms with Crippen molar-refractivity contribution in [3.63, 3.8) is 0 Å². The maximum absolute atomic E-state index is 4.50. The molecule has 4 rings (SSSR count). The second-order valence-corrected chi connectivity index (χ2v) is 5.31. The fraction of sp³-hybridized carbons (Fsp3) is 0. The molecule has 110 valence electrons. The Morgan fingerprint density at radius 1 is 0.739 bits per heavy atom. The largest absolute Gasteiger partial charge is 0.235 e. The standard InChI is InChI=1S/C20H15N3/c1-2-6-17(7-3-1)18-12-10-16(11-13-18)14-22-23-15-21-19-8-4-5-9-20(19)23/h1-15H/b22-14+. The Hall–Kier alpha value is -3.20. The fourth-order valence-corrected chi connectivity index (χ4v) is 2.56. The topological polar surface area (TPSA) is 30.2 Å². The number of para-hydroxylation sites is 2. The number of hydrogen-bond acceptors (Lipinski definition) is 2. The summed E-state index contributed by atoms with van der Waals surface area (Å²) >= 11 is 0. The van der Waals surface area contributed by atoms with Gasteiger partial charge in [0.1, 0.15) is 6.33 Å². The lowest BCUT2D eigenvalue weighted by Gasteiger charge is -2.01. The molecule has 3 nitrogen and oxygen atoms in total. The molecule has 0 fully saturated rings. The van der Waals surface area contributed by atoms with Gasteiger partial charge in [-0.2, -0.15) is 5.10 Å². The summed E-state index contributed by atoms with van der Waals surface area (Å²) in [6, 6.07) is 26.7. The molecule has 1 aromatic heterocycles. The molecule has 0 bridgehead atoms. The van der Waals surface area contributed by atoms with Gasteiger partial charge >= 0.3 is 0 Å². The monoisotopic (exact) mass is 297 g/mol. The van der Waals surface area contributed by atoms with E-state index in [2.05, 4.69) is 58.6 Å². The van der Waals surface area contributed by atoms with E-state index in [1.54, 1.807) is 11.0 Å². The number of aromatic nitrogens is 2. The lowest BCUT2D eigenvalue weighted by atomic mass is 10.0. The predicted octanol–water partition coefficient (Wildman–Crippen LogP) is 4.59. The van der Waals surface area contributed by atoms with Gasteiger partial charge < -0.3 is 0 Å². The highest BCUT2D eigenvalue weighted by Gasteiger charge is 1.99. The maximum Gasteiger partial charge on any atom is 0.118 e. The third kappa shape index (κ3) is 2.77. The zero-order chi connectivity index (χ0) is 15.5. The molecule has 0 aliphatic rings. The van der Waals surface area contributed by atoms with E-state index in [1.165, 1.54) is 11.1 Å². The summed E-state index contributed by atoms with van der Waals surface area (Å²) < 4.78 is 1.79. The van der Waals surface area contributed by atoms with E-state index in [4.69, 9.17) is 0 Å². The minimum Gasteiger partial charge on any atom is -0.235 e. The van der Waals surface area contributed by atoms with E-state index >= 15 is 0 Å². The van der Waals surface area contributed by atoms with Crippen molar-refractivity contribution < 1.29 is 0 Å². The van der Waals surface area contributed by atoms with Crippen LogP contribution in [0.1, 0.15) is 5.56 Å². The molecule has 0 unspecified atom stereocenters. The number of imidazole rings is 1. The highest BCUT2D eigenvalue weighted by Crippen LogP contribution is 2.19. The number of rotatable bonds is 3. The van der Waals surface area contributed by atoms with E-state index in [9.17, 15) is 0 Å². The van der Waals surface area contributed by atoms with Crippen molar-refractivity contribution in [1.29, 1.82) is 0 Å². The minimum absolute atomic E-state index is 0.948. The average Bonchev–Trinajstić information content (AvgIpc) is 3.04. The van der Waals surface area contributed by atoms with E-state index < -0.39 is 0 Å².